The molecule has 2 N–H and O–H groups in total. The summed E-state index contributed by atoms with van der Waals surface area (Å²) in [5.41, 5.74) is 3.85. The quantitative estimate of drug-likeness (QED) is 0.559. The van der Waals surface area contributed by atoms with E-state index >= 15 is 0 Å². The average Bonchev–Trinajstić information content (AvgIpc) is 2.73. The van der Waals surface area contributed by atoms with Crippen LogP contribution in [-0.4, -0.2) is 27.9 Å². The third kappa shape index (κ3) is 2.45. The van der Waals surface area contributed by atoms with Crippen LogP contribution in [0.1, 0.15) is 76.1 Å². The van der Waals surface area contributed by atoms with Gasteiger partial charge in [0, 0.05) is 17.3 Å². The van der Waals surface area contributed by atoms with Crippen molar-refractivity contribution in [2.75, 3.05) is 0 Å². The van der Waals surface area contributed by atoms with Gasteiger partial charge in [0.25, 0.3) is 0 Å². The Morgan fingerprint density at radius 2 is 1.82 bits per heavy atom. The minimum absolute atomic E-state index is 0.0158. The number of benzene rings is 1. The number of aliphatic hydroxyl groups is 2. The van der Waals surface area contributed by atoms with Crippen LogP contribution in [0.15, 0.2) is 47.8 Å². The number of allylic oxidation sites excluding steroid dienone is 3. The minimum atomic E-state index is -1.08. The fourth-order valence-corrected chi connectivity index (χ4v) is 7.26. The summed E-state index contributed by atoms with van der Waals surface area (Å²) in [7, 11) is 0. The molecule has 0 fully saturated rings. The Labute approximate surface area is 196 Å². The van der Waals surface area contributed by atoms with Gasteiger partial charge in [-0.25, -0.2) is 0 Å². The van der Waals surface area contributed by atoms with Crippen molar-refractivity contribution in [2.45, 2.75) is 66.9 Å². The van der Waals surface area contributed by atoms with Gasteiger partial charge >= 0.3 is 0 Å². The largest absolute Gasteiger partial charge is 0.510 e. The van der Waals surface area contributed by atoms with Crippen molar-refractivity contribution in [1.29, 1.82) is 0 Å². The zero-order valence-electron chi connectivity index (χ0n) is 20.7. The molecule has 4 nitrogen and oxygen atoms in total. The van der Waals surface area contributed by atoms with Crippen molar-refractivity contribution < 1.29 is 19.8 Å². The summed E-state index contributed by atoms with van der Waals surface area (Å²) < 4.78 is 0. The fourth-order valence-electron chi connectivity index (χ4n) is 7.26. The van der Waals surface area contributed by atoms with Gasteiger partial charge in [0.2, 0.25) is 0 Å². The maximum Gasteiger partial charge on any atom is 0.170 e. The topological polar surface area (TPSA) is 74.6 Å². The van der Waals surface area contributed by atoms with Crippen molar-refractivity contribution in [3.8, 4) is 0 Å². The molecule has 4 heteroatoms. The molecule has 1 aromatic rings. The number of aliphatic hydroxyl groups excluding tert-OH is 2. The first-order valence-electron chi connectivity index (χ1n) is 11.5. The second-order valence-electron chi connectivity index (χ2n) is 10.8. The van der Waals surface area contributed by atoms with Crippen molar-refractivity contribution in [2.24, 2.45) is 16.2 Å². The van der Waals surface area contributed by atoms with Crippen molar-refractivity contribution in [3.63, 3.8) is 0 Å². The maximum atomic E-state index is 13.1. The van der Waals surface area contributed by atoms with Gasteiger partial charge in [0.15, 0.2) is 11.6 Å². The highest BCUT2D eigenvalue weighted by molar-refractivity contribution is 6.20. The van der Waals surface area contributed by atoms with Crippen LogP contribution < -0.4 is 0 Å². The van der Waals surface area contributed by atoms with Gasteiger partial charge in [0.05, 0.1) is 17.1 Å². The Hall–Kier alpha value is -2.72. The molecular weight excluding hydrogens is 412 g/mol. The van der Waals surface area contributed by atoms with E-state index in [-0.39, 0.29) is 23.7 Å². The summed E-state index contributed by atoms with van der Waals surface area (Å²) in [6.45, 7) is 21.7. The molecule has 33 heavy (non-hydrogen) atoms. The van der Waals surface area contributed by atoms with Crippen molar-refractivity contribution in [1.82, 2.24) is 0 Å². The zero-order chi connectivity index (χ0) is 24.8. The number of Topliss-reactive ketones (excluding diaryl/α,β-unsaturated/α-hetero) is 2. The average molecular weight is 447 g/mol. The lowest BCUT2D eigenvalue weighted by Gasteiger charge is -2.64. The van der Waals surface area contributed by atoms with E-state index in [0.29, 0.717) is 0 Å². The minimum Gasteiger partial charge on any atom is -0.510 e. The molecule has 174 valence electrons. The third-order valence-electron chi connectivity index (χ3n) is 9.49. The molecule has 0 heterocycles. The number of fused-ring (bicyclic) bond motifs is 3. The van der Waals surface area contributed by atoms with Gasteiger partial charge in [-0.1, -0.05) is 57.7 Å². The smallest absolute Gasteiger partial charge is 0.170 e. The molecule has 3 aliphatic carbocycles. The van der Waals surface area contributed by atoms with E-state index in [0.717, 1.165) is 39.0 Å². The maximum absolute atomic E-state index is 13.1. The van der Waals surface area contributed by atoms with E-state index in [4.69, 9.17) is 0 Å². The first-order valence-corrected chi connectivity index (χ1v) is 11.5. The third-order valence-corrected chi connectivity index (χ3v) is 9.49. The van der Waals surface area contributed by atoms with E-state index in [1.165, 1.54) is 6.92 Å². The van der Waals surface area contributed by atoms with Crippen LogP contribution in [0.25, 0.3) is 11.6 Å². The Bertz CT molecular complexity index is 1230. The van der Waals surface area contributed by atoms with E-state index in [1.807, 2.05) is 33.8 Å². The summed E-state index contributed by atoms with van der Waals surface area (Å²) in [5, 5.41) is 23.6. The number of carbonyl (C=O) groups is 2. The summed E-state index contributed by atoms with van der Waals surface area (Å²) in [4.78, 5) is 25.4. The summed E-state index contributed by atoms with van der Waals surface area (Å²) in [6, 6.07) is 4.11. The molecule has 0 bridgehead atoms. The molecule has 1 aromatic carbocycles. The zero-order valence-corrected chi connectivity index (χ0v) is 20.7. The number of ketones is 2. The molecule has 0 amide bonds. The Morgan fingerprint density at radius 1 is 1.21 bits per heavy atom. The predicted octanol–water partition coefficient (Wildman–Crippen LogP) is 5.85. The lowest BCUT2D eigenvalue weighted by atomic mass is 9.40. The van der Waals surface area contributed by atoms with Crippen LogP contribution in [0, 0.1) is 23.2 Å². The second kappa shape index (κ2) is 6.89. The highest BCUT2D eigenvalue weighted by Gasteiger charge is 2.68. The Balaban J connectivity index is 2.17. The fraction of sp³-hybridized carbons (Fsp3) is 0.448. The van der Waals surface area contributed by atoms with E-state index in [2.05, 4.69) is 39.1 Å². The molecule has 4 rings (SSSR count). The highest BCUT2D eigenvalue weighted by Crippen LogP contribution is 2.71. The molecule has 0 aliphatic heterocycles. The predicted molar refractivity (Wildman–Crippen MR) is 132 cm³/mol. The number of rotatable bonds is 2. The molecule has 0 radical (unpaired) electrons. The molecule has 5 atom stereocenters. The van der Waals surface area contributed by atoms with E-state index in [1.54, 1.807) is 0 Å². The van der Waals surface area contributed by atoms with E-state index in [9.17, 15) is 19.8 Å². The summed E-state index contributed by atoms with van der Waals surface area (Å²) >= 11 is 0. The van der Waals surface area contributed by atoms with Crippen LogP contribution in [0.5, 0.6) is 0 Å². The standard InChI is InChI=1S/C29H34O4/c1-10-19-12-11-14(2)21-15(3)24-17(5)29(9)25(32)23(18(6)30)20(31)13-27(29,7)26(33)28(24,8)16(4)22(19)21/h10-12,16,26,32-33H,1,3,13H2,2,4-9H3/t16-,26+,27+,28+,29+/m1/s1. The van der Waals surface area contributed by atoms with Gasteiger partial charge in [0.1, 0.15) is 5.76 Å². The van der Waals surface area contributed by atoms with Crippen LogP contribution in [0.2, 0.25) is 0 Å². The molecule has 0 aromatic heterocycles. The molecule has 0 unspecified atom stereocenters. The second-order valence-corrected chi connectivity index (χ2v) is 10.8. The summed E-state index contributed by atoms with van der Waals surface area (Å²) in [6.07, 6.45) is 0.857. The number of aryl methyl sites for hydroxylation is 1. The summed E-state index contributed by atoms with van der Waals surface area (Å²) in [5.74, 6) is -1.19. The SMILES string of the molecule is C=Cc1ccc(C)c2c1[C@@H](C)[C@@]1(C)C(=C(C)[C@@]3(C)C(O)=C(C(C)=O)C(=O)C[C@@]3(C)[C@@H]1O)C2=C. The monoisotopic (exact) mass is 446 g/mol. The highest BCUT2D eigenvalue weighted by atomic mass is 16.3. The molecular formula is C29H34O4. The normalized spacial score (nSPS) is 35.8. The van der Waals surface area contributed by atoms with Crippen molar-refractivity contribution >= 4 is 23.2 Å². The molecule has 0 saturated carbocycles. The van der Waals surface area contributed by atoms with Crippen LogP contribution >= 0.6 is 0 Å². The van der Waals surface area contributed by atoms with Crippen LogP contribution in [-0.2, 0) is 9.59 Å². The van der Waals surface area contributed by atoms with Gasteiger partial charge < -0.3 is 10.2 Å². The first-order chi connectivity index (χ1) is 15.2. The van der Waals surface area contributed by atoms with Gasteiger partial charge in [-0.2, -0.15) is 0 Å². The van der Waals surface area contributed by atoms with Crippen LogP contribution in [0.3, 0.4) is 0 Å². The lowest BCUT2D eigenvalue weighted by Crippen LogP contribution is -2.63. The molecule has 0 spiro atoms. The molecule has 3 aliphatic rings. The number of hydrogen-bond donors (Lipinski definition) is 2. The number of carbonyl (C=O) groups excluding carboxylic acids is 2. The van der Waals surface area contributed by atoms with Crippen LogP contribution in [0.4, 0.5) is 0 Å². The van der Waals surface area contributed by atoms with E-state index < -0.39 is 33.9 Å². The number of hydrogen-bond acceptors (Lipinski definition) is 4. The first kappa shape index (κ1) is 23.4. The molecule has 0 saturated heterocycles. The van der Waals surface area contributed by atoms with Crippen molar-refractivity contribution in [3.05, 3.63) is 70.0 Å². The Kier molecular flexibility index (Phi) is 4.90. The van der Waals surface area contributed by atoms with Gasteiger partial charge in [-0.15, -0.1) is 0 Å². The Morgan fingerprint density at radius 3 is 2.36 bits per heavy atom. The lowest BCUT2D eigenvalue weighted by molar-refractivity contribution is -0.145. The van der Waals surface area contributed by atoms with Gasteiger partial charge in [-0.05, 0) is 67.0 Å². The van der Waals surface area contributed by atoms with Gasteiger partial charge in [-0.3, -0.25) is 9.59 Å².